The van der Waals surface area contributed by atoms with Gasteiger partial charge in [-0.15, -0.1) is 10.2 Å². The lowest BCUT2D eigenvalue weighted by atomic mass is 9.84. The number of aromatic nitrogens is 6. The molecule has 29 nitrogen and oxygen atoms in total. The minimum absolute atomic E-state index is 0.00133. The molecule has 14 rings (SSSR count). The first kappa shape index (κ1) is 78.5. The second-order valence-electron chi connectivity index (χ2n) is 29.7. The van der Waals surface area contributed by atoms with E-state index in [1.54, 1.807) is 152 Å². The van der Waals surface area contributed by atoms with Crippen LogP contribution in [0, 0.1) is 17.8 Å². The number of amides is 8. The normalized spacial score (nSPS) is 23.5. The number of nitrogens with one attached hydrogen (secondary N) is 7. The summed E-state index contributed by atoms with van der Waals surface area (Å²) < 4.78 is 15.5. The fraction of sp³-hybridized carbons (Fsp3) is 0.519. The topological polar surface area (TPSA) is 382 Å². The van der Waals surface area contributed by atoms with E-state index in [2.05, 4.69) is 57.8 Å². The molecule has 8 amide bonds. The van der Waals surface area contributed by atoms with E-state index >= 15 is 19.2 Å². The number of rotatable bonds is 18. The fourth-order valence-electron chi connectivity index (χ4n) is 15.2. The molecule has 0 unspecified atom stereocenters. The molecule has 2 aliphatic carbocycles. The number of hydrogen-bond donors (Lipinski definition) is 9. The summed E-state index contributed by atoms with van der Waals surface area (Å²) >= 11 is 0. The van der Waals surface area contributed by atoms with E-state index in [9.17, 15) is 39.0 Å². The summed E-state index contributed by atoms with van der Waals surface area (Å²) in [5, 5.41) is 59.3. The van der Waals surface area contributed by atoms with Crippen molar-refractivity contribution in [2.75, 3.05) is 20.1 Å². The molecule has 108 heavy (non-hydrogen) atoms. The van der Waals surface area contributed by atoms with E-state index in [0.29, 0.717) is 64.4 Å². The van der Waals surface area contributed by atoms with Gasteiger partial charge < -0.3 is 66.7 Å². The molecular weight excluding hydrogens is 1380 g/mol. The molecule has 2 saturated carbocycles. The Balaban J connectivity index is 0.897. The minimum Gasteiger partial charge on any atom is -0.487 e. The van der Waals surface area contributed by atoms with Crippen LogP contribution in [0.2, 0.25) is 0 Å². The van der Waals surface area contributed by atoms with Crippen molar-refractivity contribution in [3.05, 3.63) is 155 Å². The summed E-state index contributed by atoms with van der Waals surface area (Å²) in [6.45, 7) is 5.09. The van der Waals surface area contributed by atoms with Gasteiger partial charge in [-0.3, -0.25) is 38.4 Å². The van der Waals surface area contributed by atoms with Crippen LogP contribution in [0.15, 0.2) is 122 Å². The molecule has 0 spiro atoms. The van der Waals surface area contributed by atoms with Gasteiger partial charge in [0.25, 0.3) is 0 Å². The molecule has 576 valence electrons. The molecule has 2 aromatic heterocycles. The maximum Gasteiger partial charge on any atom is 0.326 e. The third-order valence-corrected chi connectivity index (χ3v) is 21.9. The smallest absolute Gasteiger partial charge is 0.326 e. The second kappa shape index (κ2) is 37.3. The number of nitrogens with zero attached hydrogens (tertiary/aromatic N) is 8. The molecule has 12 bridgehead atoms. The predicted octanol–water partition coefficient (Wildman–Crippen LogP) is 5.27. The van der Waals surface area contributed by atoms with Crippen molar-refractivity contribution in [1.29, 1.82) is 0 Å². The third-order valence-electron chi connectivity index (χ3n) is 21.9. The van der Waals surface area contributed by atoms with Crippen LogP contribution < -0.4 is 46.7 Å². The number of likely N-dealkylation sites (N-methyl/N-ethyl adjacent to an activating group) is 1. The zero-order chi connectivity index (χ0) is 76.4. The van der Waals surface area contributed by atoms with Crippen molar-refractivity contribution in [2.45, 2.75) is 222 Å². The van der Waals surface area contributed by atoms with Crippen molar-refractivity contribution < 1.29 is 67.6 Å². The van der Waals surface area contributed by atoms with Crippen molar-refractivity contribution in [2.24, 2.45) is 17.8 Å². The Morgan fingerprint density at radius 2 is 0.926 bits per heavy atom. The maximum atomic E-state index is 15.3. The molecule has 9 N–H and O–H groups in total. The van der Waals surface area contributed by atoms with Gasteiger partial charge >= 0.3 is 11.9 Å². The van der Waals surface area contributed by atoms with Crippen molar-refractivity contribution in [1.82, 2.24) is 77.0 Å². The number of ether oxygens (including phenoxy) is 2. The monoisotopic (exact) mass is 1480 g/mol. The Bertz CT molecular complexity index is 3810. The van der Waals surface area contributed by atoms with E-state index in [1.807, 2.05) is 6.92 Å². The van der Waals surface area contributed by atoms with Crippen LogP contribution >= 0.6 is 0 Å². The molecule has 4 fully saturated rings. The Hall–Kier alpha value is -10.6. The number of carbonyl (C=O) groups excluding carboxylic acids is 8. The summed E-state index contributed by atoms with van der Waals surface area (Å²) in [4.78, 5) is 147. The van der Waals surface area contributed by atoms with Crippen LogP contribution in [0.5, 0.6) is 11.5 Å². The summed E-state index contributed by atoms with van der Waals surface area (Å²) in [5.74, 6) is -6.67. The lowest BCUT2D eigenvalue weighted by Gasteiger charge is -2.32. The molecule has 29 heteroatoms. The number of hydrogen-bond acceptors (Lipinski definition) is 17. The zero-order valence-electron chi connectivity index (χ0n) is 61.8. The lowest BCUT2D eigenvalue weighted by molar-refractivity contribution is -0.144. The number of carboxylic acids is 2. The van der Waals surface area contributed by atoms with Gasteiger partial charge in [0.05, 0.1) is 30.5 Å². The van der Waals surface area contributed by atoms with E-state index in [0.717, 1.165) is 64.2 Å². The Labute approximate surface area is 628 Å². The molecule has 8 aliphatic rings. The van der Waals surface area contributed by atoms with Crippen LogP contribution in [-0.2, 0) is 86.8 Å². The van der Waals surface area contributed by atoms with Crippen molar-refractivity contribution in [3.63, 3.8) is 0 Å². The highest BCUT2D eigenvalue weighted by molar-refractivity contribution is 5.97. The van der Waals surface area contributed by atoms with Crippen LogP contribution in [0.25, 0.3) is 0 Å². The average molecular weight is 1480 g/mol. The standard InChI is InChI=1S/C79H101N15O14/c1-5-48(2)70(95)83-64(36-52-22-14-8-15-23-52)76(101)91-44-58-40-68(91)74(99)81-62(34-50-18-10-6-11-19-50)72(97)85-66(78(103)104)38-54-28-32-61(33-29-54)108-47-57-43-94(90-88-57)59-41-69(92(45-59)77(102)65(84-71(96)49(3)80-4)37-53-24-16-9-17-25-53)75(100)82-63(35-51-20-12-7-13-21-51)73(98)86-67(79(105)106)39-55-26-30-60(31-27-55)107-46-56-42-93(58)89-87-56/h6-7,10-13,18-21,26-33,42-43,48-49,52-53,58-59,62-69,80H,5,8-9,14-17,22-25,34-41,44-47H2,1-4H3,(H,81,99)(H,82,100)(H,83,95)(H,84,96)(H,85,97)(H,86,98)(H,103,104)(H,105,106)/t48-,49+,58+,59+,62+,63+,64+,65+,66+,67+,68+,69+/m1/s1. The van der Waals surface area contributed by atoms with Gasteiger partial charge in [0.2, 0.25) is 47.3 Å². The maximum absolute atomic E-state index is 15.3. The third kappa shape index (κ3) is 21.0. The Morgan fingerprint density at radius 3 is 1.31 bits per heavy atom. The van der Waals surface area contributed by atoms with Crippen LogP contribution in [0.4, 0.5) is 0 Å². The van der Waals surface area contributed by atoms with Gasteiger partial charge in [0, 0.05) is 57.5 Å². The number of likely N-dealkylation sites (tertiary alicyclic amines) is 2. The summed E-state index contributed by atoms with van der Waals surface area (Å²) in [7, 11) is 1.64. The van der Waals surface area contributed by atoms with Gasteiger partial charge in [-0.25, -0.2) is 19.0 Å². The fourth-order valence-corrected chi connectivity index (χ4v) is 15.2. The van der Waals surface area contributed by atoms with Crippen molar-refractivity contribution in [3.8, 4) is 11.5 Å². The van der Waals surface area contributed by atoms with E-state index in [1.165, 1.54) is 9.80 Å². The molecule has 12 atom stereocenters. The quantitative estimate of drug-likeness (QED) is 0.0529. The molecule has 6 aromatic rings. The Morgan fingerprint density at radius 1 is 0.528 bits per heavy atom. The first-order valence-corrected chi connectivity index (χ1v) is 38.0. The highest BCUT2D eigenvalue weighted by Crippen LogP contribution is 2.35. The number of benzene rings is 4. The van der Waals surface area contributed by atoms with Crippen LogP contribution in [-0.4, -0.2) is 184 Å². The van der Waals surface area contributed by atoms with Gasteiger partial charge in [-0.2, -0.15) is 0 Å². The second-order valence-corrected chi connectivity index (χ2v) is 29.7. The number of aliphatic carboxylic acids is 2. The predicted molar refractivity (Wildman–Crippen MR) is 395 cm³/mol. The molecule has 2 saturated heterocycles. The largest absolute Gasteiger partial charge is 0.487 e. The average Bonchev–Trinajstić information content (AvgIpc) is 1.64. The highest BCUT2D eigenvalue weighted by atomic mass is 16.5. The van der Waals surface area contributed by atoms with Crippen LogP contribution in [0.1, 0.15) is 163 Å². The van der Waals surface area contributed by atoms with Gasteiger partial charge in [0.15, 0.2) is 0 Å². The first-order chi connectivity index (χ1) is 52.1. The van der Waals surface area contributed by atoms with Gasteiger partial charge in [-0.05, 0) is 91.6 Å². The zero-order valence-corrected chi connectivity index (χ0v) is 61.8. The SMILES string of the molecule is CC[C@@H](C)C(=O)N[C@@H](CC1CCCCC1)C(=O)N1C[C@@H]2C[C@H]1C(=O)N[C@@H](Cc1ccccc1)C(=O)N[C@H](C(=O)O)Cc1ccc(cc1)OCc1cn(nn1)[C@H]1C[C@@H](C(=O)N[C@@H](Cc3ccccc3)C(=O)N[C@H](C(=O)O)Cc3ccc(cc3)OCc3cn2nn3)N(C(=O)[C@H](CC2CCCCC2)NC(=O)[C@H](C)NC)C1. The van der Waals surface area contributed by atoms with E-state index in [-0.39, 0.29) is 82.6 Å². The van der Waals surface area contributed by atoms with Crippen LogP contribution in [0.3, 0.4) is 0 Å². The van der Waals surface area contributed by atoms with Gasteiger partial charge in [0.1, 0.15) is 84.4 Å². The Kier molecular flexibility index (Phi) is 27.1. The molecular formula is C79H101N15O14. The van der Waals surface area contributed by atoms with Gasteiger partial charge in [-0.1, -0.05) is 173 Å². The number of carboxylic acid groups (broad SMARTS) is 2. The number of carbonyl (C=O) groups is 10. The molecule has 6 aliphatic heterocycles. The molecule has 4 aromatic carbocycles. The van der Waals surface area contributed by atoms with Crippen molar-refractivity contribution >= 4 is 59.2 Å². The van der Waals surface area contributed by atoms with E-state index in [4.69, 9.17) is 9.47 Å². The summed E-state index contributed by atoms with van der Waals surface area (Å²) in [5.41, 5.74) is 3.09. The molecule has 8 heterocycles. The summed E-state index contributed by atoms with van der Waals surface area (Å²) in [6, 6.07) is 19.0. The first-order valence-electron chi connectivity index (χ1n) is 38.0. The summed E-state index contributed by atoms with van der Waals surface area (Å²) in [6.07, 6.45) is 13.6. The highest BCUT2D eigenvalue weighted by Gasteiger charge is 2.47. The lowest BCUT2D eigenvalue weighted by Crippen LogP contribution is -2.58. The van der Waals surface area contributed by atoms with E-state index < -0.39 is 126 Å². The molecule has 0 radical (unpaired) electrons. The minimum atomic E-state index is -1.48.